The molecule has 0 aliphatic heterocycles. The summed E-state index contributed by atoms with van der Waals surface area (Å²) in [5.74, 6) is 0.761. The average Bonchev–Trinajstić information content (AvgIpc) is 2.63. The van der Waals surface area contributed by atoms with Crippen molar-refractivity contribution in [2.45, 2.75) is 33.1 Å². The van der Waals surface area contributed by atoms with Crippen LogP contribution in [0.4, 0.5) is 0 Å². The molecular formula is C11H20N2S. The molecule has 0 amide bonds. The lowest BCUT2D eigenvalue weighted by molar-refractivity contribution is 0.536. The standard InChI is InChI=1S/C11H20N2S/c1-10(2)7-12-6-4-3-5-11-8-13-9-14-11/h8-10,12H,3-7H2,1-2H3. The van der Waals surface area contributed by atoms with Gasteiger partial charge in [-0.2, -0.15) is 0 Å². The molecule has 2 nitrogen and oxygen atoms in total. The summed E-state index contributed by atoms with van der Waals surface area (Å²) in [6.07, 6.45) is 5.71. The zero-order chi connectivity index (χ0) is 10.2. The first-order valence-corrected chi connectivity index (χ1v) is 6.25. The van der Waals surface area contributed by atoms with E-state index < -0.39 is 0 Å². The van der Waals surface area contributed by atoms with E-state index >= 15 is 0 Å². The molecule has 0 aromatic carbocycles. The van der Waals surface area contributed by atoms with Crippen molar-refractivity contribution in [1.82, 2.24) is 10.3 Å². The van der Waals surface area contributed by atoms with Crippen molar-refractivity contribution in [2.75, 3.05) is 13.1 Å². The Bertz CT molecular complexity index is 219. The molecule has 0 radical (unpaired) electrons. The minimum atomic E-state index is 0.761. The monoisotopic (exact) mass is 212 g/mol. The second-order valence-electron chi connectivity index (χ2n) is 4.02. The minimum absolute atomic E-state index is 0.761. The van der Waals surface area contributed by atoms with Gasteiger partial charge >= 0.3 is 0 Å². The van der Waals surface area contributed by atoms with Crippen molar-refractivity contribution in [2.24, 2.45) is 5.92 Å². The highest BCUT2D eigenvalue weighted by Gasteiger charge is 1.95. The van der Waals surface area contributed by atoms with Crippen molar-refractivity contribution in [3.8, 4) is 0 Å². The summed E-state index contributed by atoms with van der Waals surface area (Å²) in [6, 6.07) is 0. The highest BCUT2D eigenvalue weighted by atomic mass is 32.1. The van der Waals surface area contributed by atoms with Crippen molar-refractivity contribution in [3.63, 3.8) is 0 Å². The van der Waals surface area contributed by atoms with Gasteiger partial charge in [-0.05, 0) is 38.3 Å². The van der Waals surface area contributed by atoms with E-state index in [0.717, 1.165) is 19.0 Å². The fourth-order valence-electron chi connectivity index (χ4n) is 1.31. The summed E-state index contributed by atoms with van der Waals surface area (Å²) >= 11 is 1.76. The van der Waals surface area contributed by atoms with E-state index in [0.29, 0.717) is 0 Å². The van der Waals surface area contributed by atoms with Crippen LogP contribution in [0.25, 0.3) is 0 Å². The quantitative estimate of drug-likeness (QED) is 0.703. The Kier molecular flexibility index (Phi) is 5.80. The molecule has 0 saturated carbocycles. The summed E-state index contributed by atoms with van der Waals surface area (Å²) in [5, 5.41) is 3.45. The topological polar surface area (TPSA) is 24.9 Å². The Morgan fingerprint density at radius 2 is 2.29 bits per heavy atom. The SMILES string of the molecule is CC(C)CNCCCCc1cncs1. The fraction of sp³-hybridized carbons (Fsp3) is 0.727. The molecular weight excluding hydrogens is 192 g/mol. The Morgan fingerprint density at radius 1 is 1.43 bits per heavy atom. The van der Waals surface area contributed by atoms with Crippen LogP contribution in [0.2, 0.25) is 0 Å². The van der Waals surface area contributed by atoms with E-state index in [-0.39, 0.29) is 0 Å². The number of nitrogens with zero attached hydrogens (tertiary/aromatic N) is 1. The summed E-state index contributed by atoms with van der Waals surface area (Å²) in [4.78, 5) is 5.47. The molecule has 1 aromatic heterocycles. The van der Waals surface area contributed by atoms with Crippen molar-refractivity contribution >= 4 is 11.3 Å². The molecule has 0 spiro atoms. The lowest BCUT2D eigenvalue weighted by Gasteiger charge is -2.06. The highest BCUT2D eigenvalue weighted by molar-refractivity contribution is 7.09. The predicted molar refractivity (Wildman–Crippen MR) is 62.8 cm³/mol. The maximum Gasteiger partial charge on any atom is 0.0794 e. The molecule has 0 fully saturated rings. The van der Waals surface area contributed by atoms with Crippen molar-refractivity contribution in [1.29, 1.82) is 0 Å². The summed E-state index contributed by atoms with van der Waals surface area (Å²) < 4.78 is 0. The van der Waals surface area contributed by atoms with Gasteiger partial charge in [-0.1, -0.05) is 13.8 Å². The van der Waals surface area contributed by atoms with Crippen LogP contribution in [0.3, 0.4) is 0 Å². The molecule has 0 aliphatic rings. The van der Waals surface area contributed by atoms with Crippen LogP contribution >= 0.6 is 11.3 Å². The van der Waals surface area contributed by atoms with Crippen molar-refractivity contribution in [3.05, 3.63) is 16.6 Å². The molecule has 3 heteroatoms. The lowest BCUT2D eigenvalue weighted by Crippen LogP contribution is -2.20. The zero-order valence-electron chi connectivity index (χ0n) is 9.12. The smallest absolute Gasteiger partial charge is 0.0794 e. The van der Waals surface area contributed by atoms with Gasteiger partial charge < -0.3 is 5.32 Å². The minimum Gasteiger partial charge on any atom is -0.316 e. The molecule has 0 unspecified atom stereocenters. The van der Waals surface area contributed by atoms with Gasteiger partial charge in [-0.25, -0.2) is 0 Å². The highest BCUT2D eigenvalue weighted by Crippen LogP contribution is 2.09. The van der Waals surface area contributed by atoms with Gasteiger partial charge in [0.25, 0.3) is 0 Å². The van der Waals surface area contributed by atoms with E-state index in [1.807, 2.05) is 11.7 Å². The van der Waals surface area contributed by atoms with Gasteiger partial charge in [0.15, 0.2) is 0 Å². The number of aromatic nitrogens is 1. The number of hydrogen-bond donors (Lipinski definition) is 1. The van der Waals surface area contributed by atoms with Gasteiger partial charge in [-0.3, -0.25) is 4.98 Å². The first kappa shape index (κ1) is 11.7. The number of aryl methyl sites for hydroxylation is 1. The first-order valence-electron chi connectivity index (χ1n) is 5.37. The van der Waals surface area contributed by atoms with E-state index in [2.05, 4.69) is 24.1 Å². The van der Waals surface area contributed by atoms with E-state index in [4.69, 9.17) is 0 Å². The predicted octanol–water partition coefficient (Wildman–Crippen LogP) is 2.71. The molecule has 1 rings (SSSR count). The average molecular weight is 212 g/mol. The third kappa shape index (κ3) is 5.35. The third-order valence-electron chi connectivity index (χ3n) is 2.06. The Hall–Kier alpha value is -0.410. The van der Waals surface area contributed by atoms with Gasteiger partial charge in [0.05, 0.1) is 5.51 Å². The Morgan fingerprint density at radius 3 is 2.93 bits per heavy atom. The van der Waals surface area contributed by atoms with Crippen LogP contribution in [0.15, 0.2) is 11.7 Å². The van der Waals surface area contributed by atoms with Crippen LogP contribution in [-0.4, -0.2) is 18.1 Å². The van der Waals surface area contributed by atoms with Gasteiger partial charge in [0.2, 0.25) is 0 Å². The first-order chi connectivity index (χ1) is 6.79. The number of rotatable bonds is 7. The lowest BCUT2D eigenvalue weighted by atomic mass is 10.2. The van der Waals surface area contributed by atoms with Gasteiger partial charge in [-0.15, -0.1) is 11.3 Å². The third-order valence-corrected chi connectivity index (χ3v) is 2.90. The second kappa shape index (κ2) is 6.96. The molecule has 0 atom stereocenters. The molecule has 0 aliphatic carbocycles. The fourth-order valence-corrected chi connectivity index (χ4v) is 1.95. The van der Waals surface area contributed by atoms with Gasteiger partial charge in [0, 0.05) is 11.1 Å². The number of thiazole rings is 1. The molecule has 0 bridgehead atoms. The van der Waals surface area contributed by atoms with Crippen LogP contribution in [-0.2, 0) is 6.42 Å². The molecule has 14 heavy (non-hydrogen) atoms. The van der Waals surface area contributed by atoms with Crippen LogP contribution in [0.5, 0.6) is 0 Å². The Labute approximate surface area is 90.8 Å². The molecule has 80 valence electrons. The molecule has 1 aromatic rings. The van der Waals surface area contributed by atoms with Crippen LogP contribution < -0.4 is 5.32 Å². The largest absolute Gasteiger partial charge is 0.316 e. The summed E-state index contributed by atoms with van der Waals surface area (Å²) in [7, 11) is 0. The normalized spacial score (nSPS) is 11.1. The van der Waals surface area contributed by atoms with E-state index in [1.165, 1.54) is 24.1 Å². The molecule has 1 N–H and O–H groups in total. The molecule has 0 saturated heterocycles. The van der Waals surface area contributed by atoms with Crippen LogP contribution in [0.1, 0.15) is 31.6 Å². The van der Waals surface area contributed by atoms with E-state index in [1.54, 1.807) is 11.3 Å². The summed E-state index contributed by atoms with van der Waals surface area (Å²) in [5.41, 5.74) is 1.91. The summed E-state index contributed by atoms with van der Waals surface area (Å²) in [6.45, 7) is 6.77. The maximum atomic E-state index is 4.06. The number of unbranched alkanes of at least 4 members (excludes halogenated alkanes) is 1. The Balaban J connectivity index is 1.90. The van der Waals surface area contributed by atoms with Gasteiger partial charge in [0.1, 0.15) is 0 Å². The molecule has 1 heterocycles. The number of hydrogen-bond acceptors (Lipinski definition) is 3. The zero-order valence-corrected chi connectivity index (χ0v) is 9.94. The van der Waals surface area contributed by atoms with Crippen LogP contribution in [0, 0.1) is 5.92 Å². The van der Waals surface area contributed by atoms with E-state index in [9.17, 15) is 0 Å². The number of nitrogens with one attached hydrogen (secondary N) is 1. The second-order valence-corrected chi connectivity index (χ2v) is 4.99. The maximum absolute atomic E-state index is 4.06. The van der Waals surface area contributed by atoms with Crippen molar-refractivity contribution < 1.29 is 0 Å².